The summed E-state index contributed by atoms with van der Waals surface area (Å²) in [6, 6.07) is 17.7. The van der Waals surface area contributed by atoms with Crippen LogP contribution in [-0.4, -0.2) is 17.5 Å². The average Bonchev–Trinajstić information content (AvgIpc) is 2.68. The van der Waals surface area contributed by atoms with Crippen LogP contribution in [0, 0.1) is 13.8 Å². The minimum absolute atomic E-state index is 0.198. The van der Waals surface area contributed by atoms with E-state index >= 15 is 0 Å². The molecular weight excluding hydrogens is 350 g/mol. The fraction of sp³-hybridized carbons (Fsp3) is 0.125. The molecule has 0 heterocycles. The van der Waals surface area contributed by atoms with Crippen LogP contribution in [0.1, 0.15) is 48.5 Å². The molecule has 0 fully saturated rings. The Hall–Kier alpha value is -3.53. The van der Waals surface area contributed by atoms with Crippen molar-refractivity contribution >= 4 is 23.2 Å². The Labute approximate surface area is 163 Å². The van der Waals surface area contributed by atoms with Crippen LogP contribution in [-0.2, 0) is 11.2 Å². The van der Waals surface area contributed by atoms with Gasteiger partial charge in [-0.3, -0.25) is 14.4 Å². The first-order chi connectivity index (χ1) is 13.5. The number of anilines is 1. The summed E-state index contributed by atoms with van der Waals surface area (Å²) >= 11 is 0. The molecule has 28 heavy (non-hydrogen) atoms. The van der Waals surface area contributed by atoms with Crippen molar-refractivity contribution in [1.29, 1.82) is 0 Å². The smallest absolute Gasteiger partial charge is 0.228 e. The standard InChI is InChI=1S/C24H19NO3/c1-14-10-11-16(15(2)12-14)13-21(26)25-20-9-5-8-19-22(20)24(28)18-7-4-3-6-17(18)23(19)27/h3-12H,13H2,1-2H3,(H,25,26). The summed E-state index contributed by atoms with van der Waals surface area (Å²) in [5.74, 6) is -0.664. The van der Waals surface area contributed by atoms with Crippen LogP contribution in [0.15, 0.2) is 60.7 Å². The summed E-state index contributed by atoms with van der Waals surface area (Å²) in [5, 5.41) is 2.83. The van der Waals surface area contributed by atoms with Crippen LogP contribution in [0.4, 0.5) is 5.69 Å². The lowest BCUT2D eigenvalue weighted by Gasteiger charge is -2.20. The normalized spacial score (nSPS) is 12.4. The van der Waals surface area contributed by atoms with Gasteiger partial charge in [0.1, 0.15) is 0 Å². The van der Waals surface area contributed by atoms with Gasteiger partial charge in [-0.15, -0.1) is 0 Å². The van der Waals surface area contributed by atoms with Crippen molar-refractivity contribution in [2.24, 2.45) is 0 Å². The monoisotopic (exact) mass is 369 g/mol. The van der Waals surface area contributed by atoms with Crippen molar-refractivity contribution in [2.75, 3.05) is 5.32 Å². The Balaban J connectivity index is 1.66. The van der Waals surface area contributed by atoms with Crippen molar-refractivity contribution in [2.45, 2.75) is 20.3 Å². The van der Waals surface area contributed by atoms with E-state index in [0.29, 0.717) is 22.4 Å². The van der Waals surface area contributed by atoms with Crippen LogP contribution >= 0.6 is 0 Å². The first-order valence-corrected chi connectivity index (χ1v) is 9.13. The summed E-state index contributed by atoms with van der Waals surface area (Å²) in [7, 11) is 0. The first kappa shape index (κ1) is 17.9. The molecule has 0 atom stereocenters. The van der Waals surface area contributed by atoms with E-state index in [1.54, 1.807) is 42.5 Å². The minimum atomic E-state index is -0.243. The molecule has 138 valence electrons. The van der Waals surface area contributed by atoms with Gasteiger partial charge in [0, 0.05) is 16.7 Å². The lowest BCUT2D eigenvalue weighted by atomic mass is 9.83. The van der Waals surface area contributed by atoms with E-state index in [-0.39, 0.29) is 29.5 Å². The van der Waals surface area contributed by atoms with Crippen molar-refractivity contribution in [1.82, 2.24) is 0 Å². The number of rotatable bonds is 3. The molecule has 3 aromatic rings. The summed E-state index contributed by atoms with van der Waals surface area (Å²) < 4.78 is 0. The van der Waals surface area contributed by atoms with Gasteiger partial charge in [-0.2, -0.15) is 0 Å². The zero-order valence-corrected chi connectivity index (χ0v) is 15.7. The second kappa shape index (κ2) is 6.89. The second-order valence-electron chi connectivity index (χ2n) is 7.09. The predicted molar refractivity (Wildman–Crippen MR) is 108 cm³/mol. The molecule has 1 N–H and O–H groups in total. The highest BCUT2D eigenvalue weighted by Gasteiger charge is 2.31. The van der Waals surface area contributed by atoms with E-state index in [4.69, 9.17) is 0 Å². The Bertz CT molecular complexity index is 1140. The Morgan fingerprint density at radius 2 is 1.50 bits per heavy atom. The maximum absolute atomic E-state index is 13.0. The molecule has 1 aliphatic rings. The van der Waals surface area contributed by atoms with Crippen LogP contribution in [0.25, 0.3) is 0 Å². The fourth-order valence-electron chi connectivity index (χ4n) is 3.66. The van der Waals surface area contributed by atoms with Crippen LogP contribution in [0.5, 0.6) is 0 Å². The SMILES string of the molecule is Cc1ccc(CC(=O)Nc2cccc3c2C(=O)c2ccccc2C3=O)c(C)c1. The summed E-state index contributed by atoms with van der Waals surface area (Å²) in [6.07, 6.45) is 0.203. The lowest BCUT2D eigenvalue weighted by molar-refractivity contribution is -0.115. The van der Waals surface area contributed by atoms with E-state index < -0.39 is 0 Å². The van der Waals surface area contributed by atoms with Crippen molar-refractivity contribution in [3.63, 3.8) is 0 Å². The number of amides is 1. The van der Waals surface area contributed by atoms with E-state index in [9.17, 15) is 14.4 Å². The van der Waals surface area contributed by atoms with Gasteiger partial charge in [0.25, 0.3) is 0 Å². The number of aryl methyl sites for hydroxylation is 2. The topological polar surface area (TPSA) is 63.2 Å². The van der Waals surface area contributed by atoms with Gasteiger partial charge in [0.15, 0.2) is 11.6 Å². The molecule has 0 spiro atoms. The Morgan fingerprint density at radius 3 is 2.21 bits per heavy atom. The van der Waals surface area contributed by atoms with Gasteiger partial charge in [0.2, 0.25) is 5.91 Å². The van der Waals surface area contributed by atoms with Crippen LogP contribution in [0.2, 0.25) is 0 Å². The first-order valence-electron chi connectivity index (χ1n) is 9.13. The number of ketones is 2. The third-order valence-electron chi connectivity index (χ3n) is 5.08. The minimum Gasteiger partial charge on any atom is -0.325 e. The number of hydrogen-bond donors (Lipinski definition) is 1. The number of benzene rings is 3. The molecule has 4 heteroatoms. The maximum atomic E-state index is 13.0. The van der Waals surface area contributed by atoms with E-state index in [0.717, 1.165) is 16.7 Å². The molecule has 0 saturated heterocycles. The third kappa shape index (κ3) is 3.03. The largest absolute Gasteiger partial charge is 0.325 e. The quantitative estimate of drug-likeness (QED) is 0.587. The highest BCUT2D eigenvalue weighted by atomic mass is 16.2. The number of fused-ring (bicyclic) bond motifs is 2. The number of carbonyl (C=O) groups excluding carboxylic acids is 3. The van der Waals surface area contributed by atoms with Gasteiger partial charge in [0.05, 0.1) is 17.7 Å². The molecule has 4 nitrogen and oxygen atoms in total. The zero-order valence-electron chi connectivity index (χ0n) is 15.7. The van der Waals surface area contributed by atoms with Crippen LogP contribution < -0.4 is 5.32 Å². The zero-order chi connectivity index (χ0) is 19.8. The van der Waals surface area contributed by atoms with Crippen molar-refractivity contribution in [3.05, 3.63) is 99.6 Å². The maximum Gasteiger partial charge on any atom is 0.228 e. The Kier molecular flexibility index (Phi) is 4.40. The molecule has 0 saturated carbocycles. The van der Waals surface area contributed by atoms with Gasteiger partial charge in [-0.1, -0.05) is 60.2 Å². The molecule has 0 radical (unpaired) electrons. The van der Waals surface area contributed by atoms with Gasteiger partial charge in [-0.25, -0.2) is 0 Å². The van der Waals surface area contributed by atoms with E-state index in [1.165, 1.54) is 0 Å². The summed E-state index contributed by atoms with van der Waals surface area (Å²) in [6.45, 7) is 3.98. The van der Waals surface area contributed by atoms with Gasteiger partial charge < -0.3 is 5.32 Å². The highest BCUT2D eigenvalue weighted by molar-refractivity contribution is 6.30. The van der Waals surface area contributed by atoms with E-state index in [1.807, 2.05) is 32.0 Å². The average molecular weight is 369 g/mol. The van der Waals surface area contributed by atoms with Crippen molar-refractivity contribution < 1.29 is 14.4 Å². The third-order valence-corrected chi connectivity index (χ3v) is 5.08. The second-order valence-corrected chi connectivity index (χ2v) is 7.09. The summed E-state index contributed by atoms with van der Waals surface area (Å²) in [4.78, 5) is 38.4. The predicted octanol–water partition coefficient (Wildman–Crippen LogP) is 4.26. The lowest BCUT2D eigenvalue weighted by Crippen LogP contribution is -2.24. The fourth-order valence-corrected chi connectivity index (χ4v) is 3.66. The number of hydrogen-bond acceptors (Lipinski definition) is 3. The molecule has 0 aliphatic heterocycles. The van der Waals surface area contributed by atoms with Crippen molar-refractivity contribution in [3.8, 4) is 0 Å². The molecule has 1 aliphatic carbocycles. The van der Waals surface area contributed by atoms with E-state index in [2.05, 4.69) is 5.32 Å². The van der Waals surface area contributed by atoms with Gasteiger partial charge in [-0.05, 0) is 31.0 Å². The molecule has 4 rings (SSSR count). The highest BCUT2D eigenvalue weighted by Crippen LogP contribution is 2.32. The molecule has 0 aromatic heterocycles. The Morgan fingerprint density at radius 1 is 0.821 bits per heavy atom. The van der Waals surface area contributed by atoms with Gasteiger partial charge >= 0.3 is 0 Å². The number of nitrogens with one attached hydrogen (secondary N) is 1. The summed E-state index contributed by atoms with van der Waals surface area (Å²) in [5.41, 5.74) is 4.86. The van der Waals surface area contributed by atoms with Crippen LogP contribution in [0.3, 0.4) is 0 Å². The molecule has 3 aromatic carbocycles. The molecule has 1 amide bonds. The number of carbonyl (C=O) groups is 3. The molecular formula is C24H19NO3. The molecule has 0 unspecified atom stereocenters. The molecule has 0 bridgehead atoms.